The molecule has 1 fully saturated rings. The molecule has 1 atom stereocenters. The Morgan fingerprint density at radius 1 is 1.36 bits per heavy atom. The van der Waals surface area contributed by atoms with Crippen LogP contribution in [0, 0.1) is 13.8 Å². The predicted octanol–water partition coefficient (Wildman–Crippen LogP) is 3.79. The average Bonchev–Trinajstić information content (AvgIpc) is 3.34. The number of pyridine rings is 1. The van der Waals surface area contributed by atoms with Crippen molar-refractivity contribution in [3.05, 3.63) is 52.5 Å². The highest BCUT2D eigenvalue weighted by Gasteiger charge is 2.34. The lowest BCUT2D eigenvalue weighted by Gasteiger charge is -2.22. The highest BCUT2D eigenvalue weighted by molar-refractivity contribution is 7.17. The van der Waals surface area contributed by atoms with Crippen LogP contribution in [0.4, 0.5) is 0 Å². The zero-order valence-corrected chi connectivity index (χ0v) is 14.9. The standard InChI is InChI=1S/C18H18N4O2S/c1-11-10-15(24-21-11)14-7-5-9-22(14)18(23)16-12(2)20-17(25-16)13-6-3-4-8-19-13/h3-4,6,8,10,14H,5,7,9H2,1-2H3/t14-/m0/s1. The molecule has 0 unspecified atom stereocenters. The van der Waals surface area contributed by atoms with Crippen molar-refractivity contribution in [1.29, 1.82) is 0 Å². The molecule has 1 saturated heterocycles. The summed E-state index contributed by atoms with van der Waals surface area (Å²) in [6.07, 6.45) is 3.59. The van der Waals surface area contributed by atoms with Crippen LogP contribution in [0.2, 0.25) is 0 Å². The maximum absolute atomic E-state index is 13.1. The van der Waals surface area contributed by atoms with Gasteiger partial charge in [0.15, 0.2) is 5.76 Å². The molecule has 1 aliphatic heterocycles. The molecule has 3 aromatic heterocycles. The number of hydrogen-bond acceptors (Lipinski definition) is 6. The fraction of sp³-hybridized carbons (Fsp3) is 0.333. The van der Waals surface area contributed by atoms with Crippen LogP contribution in [-0.4, -0.2) is 32.5 Å². The number of rotatable bonds is 3. The van der Waals surface area contributed by atoms with Crippen LogP contribution < -0.4 is 0 Å². The SMILES string of the molecule is Cc1cc([C@@H]2CCCN2C(=O)c2sc(-c3ccccn3)nc2C)on1. The lowest BCUT2D eigenvalue weighted by atomic mass is 10.1. The van der Waals surface area contributed by atoms with Gasteiger partial charge in [0, 0.05) is 18.8 Å². The van der Waals surface area contributed by atoms with Gasteiger partial charge in [0.1, 0.15) is 9.88 Å². The second-order valence-electron chi connectivity index (χ2n) is 6.18. The molecular formula is C18H18N4O2S. The molecular weight excluding hydrogens is 336 g/mol. The molecule has 0 radical (unpaired) electrons. The Morgan fingerprint density at radius 2 is 2.24 bits per heavy atom. The minimum atomic E-state index is -0.0477. The van der Waals surface area contributed by atoms with Crippen molar-refractivity contribution < 1.29 is 9.32 Å². The first-order valence-electron chi connectivity index (χ1n) is 8.26. The van der Waals surface area contributed by atoms with Gasteiger partial charge in [-0.2, -0.15) is 0 Å². The quantitative estimate of drug-likeness (QED) is 0.715. The lowest BCUT2D eigenvalue weighted by molar-refractivity contribution is 0.0718. The van der Waals surface area contributed by atoms with E-state index in [0.717, 1.165) is 47.2 Å². The van der Waals surface area contributed by atoms with Crippen LogP contribution in [0.1, 0.15) is 45.7 Å². The molecule has 1 amide bonds. The second kappa shape index (κ2) is 6.40. The zero-order valence-electron chi connectivity index (χ0n) is 14.1. The first-order chi connectivity index (χ1) is 12.1. The largest absolute Gasteiger partial charge is 0.359 e. The number of thiazole rings is 1. The summed E-state index contributed by atoms with van der Waals surface area (Å²) in [6, 6.07) is 7.55. The van der Waals surface area contributed by atoms with Crippen LogP contribution >= 0.6 is 11.3 Å². The summed E-state index contributed by atoms with van der Waals surface area (Å²) in [5, 5.41) is 4.73. The molecule has 7 heteroatoms. The molecule has 4 heterocycles. The Labute approximate surface area is 149 Å². The van der Waals surface area contributed by atoms with E-state index in [4.69, 9.17) is 4.52 Å². The Morgan fingerprint density at radius 3 is 2.96 bits per heavy atom. The van der Waals surface area contributed by atoms with E-state index in [9.17, 15) is 4.79 Å². The van der Waals surface area contributed by atoms with Crippen molar-refractivity contribution in [1.82, 2.24) is 20.0 Å². The fourth-order valence-electron chi connectivity index (χ4n) is 3.17. The lowest BCUT2D eigenvalue weighted by Crippen LogP contribution is -2.30. The van der Waals surface area contributed by atoms with Gasteiger partial charge in [-0.3, -0.25) is 9.78 Å². The molecule has 0 saturated carbocycles. The van der Waals surface area contributed by atoms with Gasteiger partial charge in [0.25, 0.3) is 5.91 Å². The van der Waals surface area contributed by atoms with Crippen LogP contribution in [-0.2, 0) is 0 Å². The topological polar surface area (TPSA) is 72.1 Å². The van der Waals surface area contributed by atoms with Crippen LogP contribution in [0.15, 0.2) is 35.0 Å². The third-order valence-corrected chi connectivity index (χ3v) is 5.53. The van der Waals surface area contributed by atoms with E-state index in [2.05, 4.69) is 15.1 Å². The maximum atomic E-state index is 13.1. The number of likely N-dealkylation sites (tertiary alicyclic amines) is 1. The Balaban J connectivity index is 1.63. The normalized spacial score (nSPS) is 17.2. The van der Waals surface area contributed by atoms with E-state index in [0.29, 0.717) is 4.88 Å². The summed E-state index contributed by atoms with van der Waals surface area (Å²) < 4.78 is 5.40. The molecule has 25 heavy (non-hydrogen) atoms. The van der Waals surface area contributed by atoms with E-state index in [-0.39, 0.29) is 11.9 Å². The molecule has 0 spiro atoms. The number of carbonyl (C=O) groups is 1. The van der Waals surface area contributed by atoms with Crippen LogP contribution in [0.25, 0.3) is 10.7 Å². The third kappa shape index (κ3) is 2.95. The van der Waals surface area contributed by atoms with Crippen molar-refractivity contribution >= 4 is 17.2 Å². The van der Waals surface area contributed by atoms with Crippen molar-refractivity contribution in [2.45, 2.75) is 32.7 Å². The number of nitrogens with zero attached hydrogens (tertiary/aromatic N) is 4. The average molecular weight is 354 g/mol. The minimum Gasteiger partial charge on any atom is -0.359 e. The van der Waals surface area contributed by atoms with Gasteiger partial charge in [0.2, 0.25) is 0 Å². The Hall–Kier alpha value is -2.54. The fourth-order valence-corrected chi connectivity index (χ4v) is 4.17. The van der Waals surface area contributed by atoms with Crippen molar-refractivity contribution in [3.63, 3.8) is 0 Å². The van der Waals surface area contributed by atoms with E-state index in [1.807, 2.05) is 43.0 Å². The molecule has 3 aromatic rings. The van der Waals surface area contributed by atoms with Crippen molar-refractivity contribution in [2.24, 2.45) is 0 Å². The third-order valence-electron chi connectivity index (χ3n) is 4.36. The highest BCUT2D eigenvalue weighted by Crippen LogP contribution is 2.36. The summed E-state index contributed by atoms with van der Waals surface area (Å²) >= 11 is 1.40. The predicted molar refractivity (Wildman–Crippen MR) is 94.3 cm³/mol. The highest BCUT2D eigenvalue weighted by atomic mass is 32.1. The minimum absolute atomic E-state index is 0.00809. The molecule has 0 aliphatic carbocycles. The van der Waals surface area contributed by atoms with Crippen molar-refractivity contribution in [3.8, 4) is 10.7 Å². The number of aromatic nitrogens is 3. The molecule has 1 aliphatic rings. The Kier molecular flexibility index (Phi) is 4.09. The van der Waals surface area contributed by atoms with Gasteiger partial charge in [-0.25, -0.2) is 4.98 Å². The van der Waals surface area contributed by atoms with E-state index in [1.165, 1.54) is 11.3 Å². The molecule has 6 nitrogen and oxygen atoms in total. The molecule has 0 N–H and O–H groups in total. The monoisotopic (exact) mass is 354 g/mol. The molecule has 128 valence electrons. The van der Waals surface area contributed by atoms with Crippen LogP contribution in [0.3, 0.4) is 0 Å². The maximum Gasteiger partial charge on any atom is 0.266 e. The first-order valence-corrected chi connectivity index (χ1v) is 9.08. The number of aryl methyl sites for hydroxylation is 2. The smallest absolute Gasteiger partial charge is 0.266 e. The van der Waals surface area contributed by atoms with Gasteiger partial charge >= 0.3 is 0 Å². The molecule has 0 aromatic carbocycles. The number of carbonyl (C=O) groups excluding carboxylic acids is 1. The van der Waals surface area contributed by atoms with Gasteiger partial charge in [-0.15, -0.1) is 11.3 Å². The van der Waals surface area contributed by atoms with Crippen molar-refractivity contribution in [2.75, 3.05) is 6.54 Å². The summed E-state index contributed by atoms with van der Waals surface area (Å²) in [5.41, 5.74) is 2.37. The number of hydrogen-bond donors (Lipinski definition) is 0. The van der Waals surface area contributed by atoms with Gasteiger partial charge in [-0.1, -0.05) is 11.2 Å². The molecule has 0 bridgehead atoms. The summed E-state index contributed by atoms with van der Waals surface area (Å²) in [4.78, 5) is 24.5. The summed E-state index contributed by atoms with van der Waals surface area (Å²) in [7, 11) is 0. The number of amides is 1. The molecule has 4 rings (SSSR count). The van der Waals surface area contributed by atoms with E-state index >= 15 is 0 Å². The zero-order chi connectivity index (χ0) is 17.4. The summed E-state index contributed by atoms with van der Waals surface area (Å²) in [6.45, 7) is 4.49. The Bertz CT molecular complexity index is 903. The van der Waals surface area contributed by atoms with E-state index < -0.39 is 0 Å². The van der Waals surface area contributed by atoms with Gasteiger partial charge in [0.05, 0.1) is 23.1 Å². The van der Waals surface area contributed by atoms with Gasteiger partial charge < -0.3 is 9.42 Å². The van der Waals surface area contributed by atoms with E-state index in [1.54, 1.807) is 6.20 Å². The van der Waals surface area contributed by atoms with Crippen LogP contribution in [0.5, 0.6) is 0 Å². The summed E-state index contributed by atoms with van der Waals surface area (Å²) in [5.74, 6) is 0.768. The first kappa shape index (κ1) is 16.0. The second-order valence-corrected chi connectivity index (χ2v) is 7.17. The van der Waals surface area contributed by atoms with Gasteiger partial charge in [-0.05, 0) is 38.8 Å².